The van der Waals surface area contributed by atoms with Crippen molar-refractivity contribution in [2.45, 2.75) is 141 Å². The zero-order valence-corrected chi connectivity index (χ0v) is 20.3. The number of nitrogens with one attached hydrogen (secondary N) is 2. The molecular weight excluding hydrogens is 344 g/mol. The molecule has 28 heavy (non-hydrogen) atoms. The van der Waals surface area contributed by atoms with Crippen LogP contribution in [0.2, 0.25) is 0 Å². The molecule has 0 bridgehead atoms. The maximum absolute atomic E-state index is 3.88. The Labute approximate surface area is 175 Å². The molecule has 0 aliphatic carbocycles. The van der Waals surface area contributed by atoms with Crippen LogP contribution in [0.1, 0.15) is 101 Å². The van der Waals surface area contributed by atoms with Gasteiger partial charge in [0.05, 0.1) is 6.17 Å². The summed E-state index contributed by atoms with van der Waals surface area (Å²) in [6.07, 6.45) is 8.22. The lowest BCUT2D eigenvalue weighted by Gasteiger charge is -2.52. The largest absolute Gasteiger partial charge is 0.307 e. The number of hydrogen-bond donors (Lipinski definition) is 2. The van der Waals surface area contributed by atoms with E-state index >= 15 is 0 Å². The number of hydrogen-bond acceptors (Lipinski definition) is 4. The van der Waals surface area contributed by atoms with Gasteiger partial charge in [-0.25, -0.2) is 0 Å². The van der Waals surface area contributed by atoms with Gasteiger partial charge in [-0.05, 0) is 87.5 Å². The summed E-state index contributed by atoms with van der Waals surface area (Å²) in [4.78, 5) is 5.80. The van der Waals surface area contributed by atoms with E-state index < -0.39 is 0 Å². The first kappa shape index (κ1) is 22.5. The second-order valence-corrected chi connectivity index (χ2v) is 12.7. The molecule has 0 amide bonds. The second kappa shape index (κ2) is 7.51. The molecular formula is C24H48N4. The van der Waals surface area contributed by atoms with Gasteiger partial charge in [-0.3, -0.25) is 9.80 Å². The highest BCUT2D eigenvalue weighted by molar-refractivity contribution is 5.05. The summed E-state index contributed by atoms with van der Waals surface area (Å²) in [7, 11) is 0. The molecule has 0 aromatic carbocycles. The molecule has 3 heterocycles. The fourth-order valence-corrected chi connectivity index (χ4v) is 7.17. The summed E-state index contributed by atoms with van der Waals surface area (Å²) in [6.45, 7) is 24.0. The molecule has 0 radical (unpaired) electrons. The van der Waals surface area contributed by atoms with Crippen LogP contribution < -0.4 is 10.6 Å². The Kier molecular flexibility index (Phi) is 6.04. The van der Waals surface area contributed by atoms with Gasteiger partial charge < -0.3 is 10.6 Å². The Balaban J connectivity index is 1.80. The van der Waals surface area contributed by atoms with Crippen LogP contribution in [-0.4, -0.2) is 63.3 Å². The Morgan fingerprint density at radius 3 is 1.25 bits per heavy atom. The summed E-state index contributed by atoms with van der Waals surface area (Å²) in [5, 5.41) is 7.76. The Morgan fingerprint density at radius 2 is 0.964 bits per heavy atom. The van der Waals surface area contributed by atoms with Crippen molar-refractivity contribution in [3.8, 4) is 0 Å². The van der Waals surface area contributed by atoms with Gasteiger partial charge >= 0.3 is 0 Å². The zero-order chi connectivity index (χ0) is 21.0. The lowest BCUT2D eigenvalue weighted by atomic mass is 9.78. The predicted molar refractivity (Wildman–Crippen MR) is 121 cm³/mol. The van der Waals surface area contributed by atoms with Gasteiger partial charge in [-0.2, -0.15) is 0 Å². The van der Waals surface area contributed by atoms with Gasteiger partial charge in [0.15, 0.2) is 0 Å². The zero-order valence-electron chi connectivity index (χ0n) is 20.3. The number of rotatable bonds is 4. The van der Waals surface area contributed by atoms with Crippen molar-refractivity contribution in [1.82, 2.24) is 20.4 Å². The molecule has 0 spiro atoms. The molecule has 0 unspecified atom stereocenters. The molecule has 3 aliphatic rings. The molecule has 4 nitrogen and oxygen atoms in total. The molecule has 0 aromatic heterocycles. The lowest BCUT2D eigenvalue weighted by Crippen LogP contribution is -2.64. The van der Waals surface area contributed by atoms with Crippen molar-refractivity contribution < 1.29 is 0 Å². The first-order chi connectivity index (χ1) is 12.7. The molecule has 2 N–H and O–H groups in total. The standard InChI is InChI=1S/C24H48N4/c1-10-11-20-27(18-14-21(2,3)25-22(4,5)15-18)12-13-28(20)19-16-23(6,7)26-24(8,9)17-19/h18-20,25-26H,10-17H2,1-9H3. The van der Waals surface area contributed by atoms with E-state index in [0.29, 0.717) is 18.2 Å². The first-order valence-electron chi connectivity index (χ1n) is 11.8. The van der Waals surface area contributed by atoms with Crippen LogP contribution in [0, 0.1) is 0 Å². The van der Waals surface area contributed by atoms with Gasteiger partial charge in [0.25, 0.3) is 0 Å². The highest BCUT2D eigenvalue weighted by atomic mass is 15.4. The fourth-order valence-electron chi connectivity index (χ4n) is 7.17. The molecule has 0 saturated carbocycles. The van der Waals surface area contributed by atoms with E-state index in [0.717, 1.165) is 0 Å². The molecule has 3 fully saturated rings. The third-order valence-corrected chi connectivity index (χ3v) is 7.20. The third kappa shape index (κ3) is 5.11. The minimum absolute atomic E-state index is 0.218. The van der Waals surface area contributed by atoms with E-state index in [-0.39, 0.29) is 22.2 Å². The van der Waals surface area contributed by atoms with Crippen molar-refractivity contribution in [2.24, 2.45) is 0 Å². The minimum atomic E-state index is 0.218. The summed E-state index contributed by atoms with van der Waals surface area (Å²) >= 11 is 0. The molecule has 3 rings (SSSR count). The van der Waals surface area contributed by atoms with Crippen LogP contribution in [0.5, 0.6) is 0 Å². The average Bonchev–Trinajstić information content (AvgIpc) is 2.84. The monoisotopic (exact) mass is 392 g/mol. The average molecular weight is 393 g/mol. The van der Waals surface area contributed by atoms with Gasteiger partial charge in [-0.15, -0.1) is 0 Å². The van der Waals surface area contributed by atoms with Crippen molar-refractivity contribution in [3.05, 3.63) is 0 Å². The summed E-state index contributed by atoms with van der Waals surface area (Å²) in [5.41, 5.74) is 0.870. The minimum Gasteiger partial charge on any atom is -0.307 e. The van der Waals surface area contributed by atoms with Crippen molar-refractivity contribution >= 4 is 0 Å². The highest BCUT2D eigenvalue weighted by Crippen LogP contribution is 2.39. The summed E-state index contributed by atoms with van der Waals surface area (Å²) in [6, 6.07) is 1.38. The molecule has 164 valence electrons. The second-order valence-electron chi connectivity index (χ2n) is 12.7. The van der Waals surface area contributed by atoms with Gasteiger partial charge in [0.2, 0.25) is 0 Å². The van der Waals surface area contributed by atoms with E-state index in [1.807, 2.05) is 0 Å². The quantitative estimate of drug-likeness (QED) is 0.745. The Hall–Kier alpha value is -0.160. The molecule has 3 aliphatic heterocycles. The van der Waals surface area contributed by atoms with Crippen LogP contribution in [0.4, 0.5) is 0 Å². The van der Waals surface area contributed by atoms with Crippen molar-refractivity contribution in [3.63, 3.8) is 0 Å². The van der Waals surface area contributed by atoms with Crippen LogP contribution in [-0.2, 0) is 0 Å². The fraction of sp³-hybridized carbons (Fsp3) is 1.00. The summed E-state index contributed by atoms with van der Waals surface area (Å²) in [5.74, 6) is 0. The molecule has 4 heteroatoms. The Morgan fingerprint density at radius 1 is 0.643 bits per heavy atom. The normalized spacial score (nSPS) is 32.0. The number of piperidine rings is 2. The first-order valence-corrected chi connectivity index (χ1v) is 11.8. The van der Waals surface area contributed by atoms with E-state index in [4.69, 9.17) is 0 Å². The van der Waals surface area contributed by atoms with Gasteiger partial charge in [0.1, 0.15) is 0 Å². The topological polar surface area (TPSA) is 30.5 Å². The Bertz CT molecular complexity index is 473. The van der Waals surface area contributed by atoms with Crippen LogP contribution in [0.25, 0.3) is 0 Å². The maximum Gasteiger partial charge on any atom is 0.0628 e. The van der Waals surface area contributed by atoms with E-state index in [1.165, 1.54) is 51.6 Å². The predicted octanol–water partition coefficient (Wildman–Crippen LogP) is 4.35. The number of nitrogens with zero attached hydrogens (tertiary/aromatic N) is 2. The van der Waals surface area contributed by atoms with E-state index in [9.17, 15) is 0 Å². The van der Waals surface area contributed by atoms with Crippen LogP contribution >= 0.6 is 0 Å². The smallest absolute Gasteiger partial charge is 0.0628 e. The van der Waals surface area contributed by atoms with Gasteiger partial charge in [-0.1, -0.05) is 13.3 Å². The van der Waals surface area contributed by atoms with E-state index in [1.54, 1.807) is 0 Å². The summed E-state index contributed by atoms with van der Waals surface area (Å²) < 4.78 is 0. The lowest BCUT2D eigenvalue weighted by molar-refractivity contribution is -0.00755. The maximum atomic E-state index is 3.88. The molecule has 0 atom stereocenters. The highest BCUT2D eigenvalue weighted by Gasteiger charge is 2.48. The van der Waals surface area contributed by atoms with Gasteiger partial charge in [0, 0.05) is 47.3 Å². The van der Waals surface area contributed by atoms with Crippen LogP contribution in [0.3, 0.4) is 0 Å². The van der Waals surface area contributed by atoms with Crippen LogP contribution in [0.15, 0.2) is 0 Å². The molecule has 0 aromatic rings. The van der Waals surface area contributed by atoms with Crippen molar-refractivity contribution in [2.75, 3.05) is 13.1 Å². The third-order valence-electron chi connectivity index (χ3n) is 7.20. The van der Waals surface area contributed by atoms with E-state index in [2.05, 4.69) is 82.7 Å². The molecule has 3 saturated heterocycles. The van der Waals surface area contributed by atoms with Crippen molar-refractivity contribution in [1.29, 1.82) is 0 Å². The SMILES string of the molecule is CCCC1N(C2CC(C)(C)NC(C)(C)C2)CCN1C1CC(C)(C)NC(C)(C)C1.